The topological polar surface area (TPSA) is 147 Å². The summed E-state index contributed by atoms with van der Waals surface area (Å²) < 4.78 is 19.8. The van der Waals surface area contributed by atoms with Gasteiger partial charge in [0.2, 0.25) is 0 Å². The Morgan fingerprint density at radius 2 is 1.07 bits per heavy atom. The van der Waals surface area contributed by atoms with Gasteiger partial charge in [-0.3, -0.25) is 0 Å². The number of hydrogen-bond acceptors (Lipinski definition) is 7. The first kappa shape index (κ1) is 31.3. The first-order chi connectivity index (χ1) is 4.69. The van der Waals surface area contributed by atoms with E-state index in [2.05, 4.69) is 0 Å². The summed E-state index contributed by atoms with van der Waals surface area (Å²) >= 11 is 0. The minimum Gasteiger partial charge on any atom is -0.807 e. The first-order valence-corrected chi connectivity index (χ1v) is 5.17. The molecule has 1 N–H and O–H groups in total. The van der Waals surface area contributed by atoms with Crippen molar-refractivity contribution in [3.8, 4) is 0 Å². The fourth-order valence-electron chi connectivity index (χ4n) is 0.291. The number of rotatable bonds is 2. The van der Waals surface area contributed by atoms with Crippen LogP contribution in [0.2, 0.25) is 0 Å². The zero-order valence-electron chi connectivity index (χ0n) is 8.87. The van der Waals surface area contributed by atoms with Crippen LogP contribution in [0.15, 0.2) is 11.3 Å². The molecule has 0 bridgehead atoms. The van der Waals surface area contributed by atoms with Gasteiger partial charge in [-0.25, -0.2) is 0 Å². The molecule has 0 aromatic carbocycles. The maximum absolute atomic E-state index is 9.88. The SMILES string of the molecule is O=P([O-])([O-])C(=CO)P(=O)([O-])[O-].[Na+].[Na+].[Na+].[Na+]. The molecule has 66 valence electrons. The molecule has 0 rings (SSSR count). The first-order valence-electron chi connectivity index (χ1n) is 2.09. The molecule has 0 aromatic heterocycles. The van der Waals surface area contributed by atoms with Gasteiger partial charge in [0.1, 0.15) is 0 Å². The van der Waals surface area contributed by atoms with E-state index in [1.807, 2.05) is 0 Å². The maximum Gasteiger partial charge on any atom is 1.00 e. The predicted molar refractivity (Wildman–Crippen MR) is 25.9 cm³/mol. The molecule has 0 aliphatic heterocycles. The van der Waals surface area contributed by atoms with Crippen molar-refractivity contribution < 1.29 is 152 Å². The predicted octanol–water partition coefficient (Wildman–Crippen LogP) is -14.8. The van der Waals surface area contributed by atoms with Crippen LogP contribution in [0.5, 0.6) is 0 Å². The van der Waals surface area contributed by atoms with E-state index in [0.29, 0.717) is 0 Å². The molecule has 0 saturated heterocycles. The molecule has 0 atom stereocenters. The Labute approximate surface area is 175 Å². The molecule has 13 heteroatoms. The third-order valence-corrected chi connectivity index (χ3v) is 3.50. The van der Waals surface area contributed by atoms with E-state index in [1.54, 1.807) is 0 Å². The van der Waals surface area contributed by atoms with Gasteiger partial charge >= 0.3 is 118 Å². The van der Waals surface area contributed by atoms with Gasteiger partial charge in [-0.05, 0) is 15.2 Å². The van der Waals surface area contributed by atoms with Crippen LogP contribution in [-0.2, 0) is 9.13 Å². The minimum absolute atomic E-state index is 0. The van der Waals surface area contributed by atoms with Crippen molar-refractivity contribution >= 4 is 15.2 Å². The monoisotopic (exact) mass is 292 g/mol. The Balaban J connectivity index is -0.0000000833. The average Bonchev–Trinajstić information content (AvgIpc) is 1.56. The van der Waals surface area contributed by atoms with Crippen LogP contribution in [0.3, 0.4) is 0 Å². The summed E-state index contributed by atoms with van der Waals surface area (Å²) in [5.41, 5.74) is 0. The van der Waals surface area contributed by atoms with E-state index in [1.165, 1.54) is 0 Å². The Bertz CT molecular complexity index is 242. The average molecular weight is 292 g/mol. The molecule has 0 amide bonds. The van der Waals surface area contributed by atoms with Gasteiger partial charge in [0.15, 0.2) is 0 Å². The normalized spacial score (nSPS) is 9.33. The molecule has 0 aliphatic carbocycles. The van der Waals surface area contributed by atoms with Crippen molar-refractivity contribution in [2.24, 2.45) is 0 Å². The standard InChI is InChI=1S/C2H6O7P2.4Na/c3-1-2(10(4,5)6)11(7,8)9;;;;/h1,3H,(H2,4,5,6)(H2,7,8,9);;;;/q;4*+1/p-4. The molecule has 0 radical (unpaired) electrons. The van der Waals surface area contributed by atoms with Gasteiger partial charge in [-0.1, -0.05) is 0 Å². The largest absolute Gasteiger partial charge is 1.00 e. The van der Waals surface area contributed by atoms with Crippen LogP contribution >= 0.6 is 15.2 Å². The molecule has 0 unspecified atom stereocenters. The molecule has 0 heterocycles. The second-order valence-electron chi connectivity index (χ2n) is 1.48. The van der Waals surface area contributed by atoms with Gasteiger partial charge in [0.05, 0.1) is 6.26 Å². The quantitative estimate of drug-likeness (QED) is 0.302. The Kier molecular flexibility index (Phi) is 26.8. The van der Waals surface area contributed by atoms with E-state index >= 15 is 0 Å². The summed E-state index contributed by atoms with van der Waals surface area (Å²) in [6.45, 7) is 0. The number of aliphatic hydroxyl groups excluding tert-OH is 1. The van der Waals surface area contributed by atoms with Crippen molar-refractivity contribution in [1.82, 2.24) is 0 Å². The molecule has 0 fully saturated rings. The molecule has 0 aromatic rings. The third kappa shape index (κ3) is 14.1. The third-order valence-electron chi connectivity index (χ3n) is 0.677. The Hall–Kier alpha value is 3.84. The van der Waals surface area contributed by atoms with Crippen LogP contribution in [0.4, 0.5) is 0 Å². The summed E-state index contributed by atoms with van der Waals surface area (Å²) in [5, 5.41) is 5.87. The minimum atomic E-state index is -5.67. The van der Waals surface area contributed by atoms with Gasteiger partial charge in [0, 0.05) is 5.06 Å². The summed E-state index contributed by atoms with van der Waals surface area (Å²) in [5.74, 6) is 0. The maximum atomic E-state index is 9.88. The molecular weight excluding hydrogens is 290 g/mol. The van der Waals surface area contributed by atoms with E-state index in [9.17, 15) is 28.7 Å². The molecule has 7 nitrogen and oxygen atoms in total. The second-order valence-corrected chi connectivity index (χ2v) is 4.79. The second kappa shape index (κ2) is 12.9. The van der Waals surface area contributed by atoms with Gasteiger partial charge in [-0.15, -0.1) is 0 Å². The molecule has 0 aliphatic rings. The van der Waals surface area contributed by atoms with Crippen molar-refractivity contribution in [2.45, 2.75) is 0 Å². The zero-order chi connectivity index (χ0) is 9.28. The van der Waals surface area contributed by atoms with Gasteiger partial charge in [-0.2, -0.15) is 0 Å². The number of aliphatic hydroxyl groups is 1. The van der Waals surface area contributed by atoms with Gasteiger partial charge in [0.25, 0.3) is 0 Å². The number of hydrogen-bond donors (Lipinski definition) is 1. The van der Waals surface area contributed by atoms with Crippen LogP contribution in [0.1, 0.15) is 0 Å². The van der Waals surface area contributed by atoms with Crippen LogP contribution in [0, 0.1) is 0 Å². The van der Waals surface area contributed by atoms with E-state index in [0.717, 1.165) is 0 Å². The smallest absolute Gasteiger partial charge is 0.807 e. The van der Waals surface area contributed by atoms with E-state index < -0.39 is 26.5 Å². The van der Waals surface area contributed by atoms with Crippen molar-refractivity contribution in [3.05, 3.63) is 11.3 Å². The molecule has 15 heavy (non-hydrogen) atoms. The van der Waals surface area contributed by atoms with Crippen molar-refractivity contribution in [3.63, 3.8) is 0 Å². The van der Waals surface area contributed by atoms with Crippen molar-refractivity contribution in [1.29, 1.82) is 0 Å². The molecule has 0 saturated carbocycles. The van der Waals surface area contributed by atoms with Crippen molar-refractivity contribution in [2.75, 3.05) is 0 Å². The van der Waals surface area contributed by atoms with Crippen LogP contribution < -0.4 is 138 Å². The van der Waals surface area contributed by atoms with E-state index in [-0.39, 0.29) is 118 Å². The summed E-state index contributed by atoms with van der Waals surface area (Å²) in [6, 6.07) is 0. The Morgan fingerprint density at radius 1 is 0.867 bits per heavy atom. The zero-order valence-corrected chi connectivity index (χ0v) is 18.7. The summed E-state index contributed by atoms with van der Waals surface area (Å²) in [4.78, 5) is 39.5. The van der Waals surface area contributed by atoms with E-state index in [4.69, 9.17) is 5.11 Å². The Morgan fingerprint density at radius 3 is 1.07 bits per heavy atom. The molecular formula is C2H2Na4O7P2. The van der Waals surface area contributed by atoms with Crippen LogP contribution in [-0.4, -0.2) is 5.11 Å². The summed E-state index contributed by atoms with van der Waals surface area (Å²) in [7, 11) is -11.3. The fourth-order valence-corrected chi connectivity index (χ4v) is 1.77. The molecule has 0 spiro atoms. The summed E-state index contributed by atoms with van der Waals surface area (Å²) in [6.07, 6.45) is -0.526. The fraction of sp³-hybridized carbons (Fsp3) is 0. The van der Waals surface area contributed by atoms with Crippen LogP contribution in [0.25, 0.3) is 0 Å². The van der Waals surface area contributed by atoms with Gasteiger partial charge < -0.3 is 33.8 Å².